The Bertz CT molecular complexity index is 1040. The molecule has 0 bridgehead atoms. The molecule has 0 radical (unpaired) electrons. The molecule has 22 heavy (non-hydrogen) atoms. The number of amides is 2. The highest BCUT2D eigenvalue weighted by Crippen LogP contribution is 2.27. The highest BCUT2D eigenvalue weighted by atomic mass is 16.2. The maximum absolute atomic E-state index is 13.1. The Morgan fingerprint density at radius 1 is 1.45 bits per heavy atom. The first kappa shape index (κ1) is 10.1. The number of carbonyl (C=O) groups excluding carboxylic acids is 2. The second kappa shape index (κ2) is 4.66. The molecule has 1 aliphatic rings. The Labute approximate surface area is 131 Å². The van der Waals surface area contributed by atoms with E-state index in [1.807, 2.05) is 0 Å². The Morgan fingerprint density at radius 2 is 2.23 bits per heavy atom. The Hall–Kier alpha value is -2.70. The second-order valence-electron chi connectivity index (χ2n) is 5.33. The maximum Gasteiger partial charge on any atom is 0.264 e. The van der Waals surface area contributed by atoms with Gasteiger partial charge in [-0.3, -0.25) is 24.3 Å². The van der Waals surface area contributed by atoms with Crippen LogP contribution in [0.1, 0.15) is 31.1 Å². The van der Waals surface area contributed by atoms with Crippen LogP contribution in [-0.2, 0) is 15.1 Å². The lowest BCUT2D eigenvalue weighted by atomic mass is 9.90. The largest absolute Gasteiger partial charge is 0.398 e. The molecule has 0 saturated carbocycles. The SMILES string of the molecule is [2H]Cc1nc2c([2H])c([2H])c([2H])c(N)c2c(=O)n1[C@]1(C)CCC(=O)NC1=O. The van der Waals surface area contributed by atoms with Crippen LogP contribution in [0.3, 0.4) is 0 Å². The minimum absolute atomic E-state index is 0.0126. The lowest BCUT2D eigenvalue weighted by molar-refractivity contribution is -0.140. The van der Waals surface area contributed by atoms with Gasteiger partial charge in [-0.15, -0.1) is 0 Å². The fraction of sp³-hybridized carbons (Fsp3) is 0.333. The summed E-state index contributed by atoms with van der Waals surface area (Å²) in [6, 6.07) is -1.38. The summed E-state index contributed by atoms with van der Waals surface area (Å²) in [5.41, 5.74) is 3.12. The monoisotopic (exact) mass is 304 g/mol. The molecule has 7 heteroatoms. The molecule has 0 aliphatic carbocycles. The molecule has 0 spiro atoms. The Balaban J connectivity index is 2.44. The van der Waals surface area contributed by atoms with Crippen molar-refractivity contribution in [2.75, 3.05) is 5.73 Å². The van der Waals surface area contributed by atoms with E-state index in [-0.39, 0.29) is 35.3 Å². The number of nitrogens with two attached hydrogens (primary N) is 1. The summed E-state index contributed by atoms with van der Waals surface area (Å²) in [5.74, 6) is -1.24. The molecule has 1 aliphatic heterocycles. The van der Waals surface area contributed by atoms with Crippen LogP contribution >= 0.6 is 0 Å². The summed E-state index contributed by atoms with van der Waals surface area (Å²) in [6.45, 7) is 0.998. The van der Waals surface area contributed by atoms with Crippen molar-refractivity contribution in [2.24, 2.45) is 0 Å². The van der Waals surface area contributed by atoms with Gasteiger partial charge in [0.15, 0.2) is 0 Å². The molecule has 2 amide bonds. The van der Waals surface area contributed by atoms with Gasteiger partial charge < -0.3 is 5.73 Å². The molecule has 1 aromatic heterocycles. The van der Waals surface area contributed by atoms with Crippen molar-refractivity contribution in [3.8, 4) is 0 Å². The summed E-state index contributed by atoms with van der Waals surface area (Å²) in [5, 5.41) is 1.94. The van der Waals surface area contributed by atoms with Crippen LogP contribution in [0, 0.1) is 6.90 Å². The molecular weight excluding hydrogens is 284 g/mol. The number of piperidine rings is 1. The zero-order chi connectivity index (χ0) is 19.4. The topological polar surface area (TPSA) is 107 Å². The van der Waals surface area contributed by atoms with E-state index >= 15 is 0 Å². The first-order valence-electron chi connectivity index (χ1n) is 8.79. The summed E-state index contributed by atoms with van der Waals surface area (Å²) in [4.78, 5) is 41.2. The van der Waals surface area contributed by atoms with E-state index in [4.69, 9.17) is 11.2 Å². The third-order valence-electron chi connectivity index (χ3n) is 3.87. The van der Waals surface area contributed by atoms with Crippen LogP contribution in [0.15, 0.2) is 22.9 Å². The number of hydrogen-bond donors (Lipinski definition) is 2. The van der Waals surface area contributed by atoms with E-state index in [1.54, 1.807) is 0 Å². The van der Waals surface area contributed by atoms with Gasteiger partial charge in [-0.25, -0.2) is 4.98 Å². The number of aryl methyl sites for hydroxylation is 1. The van der Waals surface area contributed by atoms with Crippen molar-refractivity contribution < 1.29 is 15.1 Å². The summed E-state index contributed by atoms with van der Waals surface area (Å²) in [6.07, 6.45) is 0.0499. The van der Waals surface area contributed by atoms with Gasteiger partial charge in [0.2, 0.25) is 5.91 Å². The van der Waals surface area contributed by atoms with Crippen LogP contribution in [0.25, 0.3) is 10.9 Å². The predicted molar refractivity (Wildman–Crippen MR) is 81.2 cm³/mol. The molecule has 1 aromatic carbocycles. The quantitative estimate of drug-likeness (QED) is 0.587. The predicted octanol–water partition coefficient (Wildman–Crippen LogP) is 0.439. The number of hydrogen-bond acceptors (Lipinski definition) is 5. The number of benzene rings is 1. The zero-order valence-electron chi connectivity index (χ0n) is 15.8. The first-order chi connectivity index (χ1) is 12.1. The summed E-state index contributed by atoms with van der Waals surface area (Å²) in [7, 11) is 0. The highest BCUT2D eigenvalue weighted by Gasteiger charge is 2.42. The average molecular weight is 304 g/mol. The fourth-order valence-corrected chi connectivity index (χ4v) is 2.64. The number of aromatic nitrogens is 2. The van der Waals surface area contributed by atoms with Gasteiger partial charge in [-0.2, -0.15) is 0 Å². The van der Waals surface area contributed by atoms with Crippen LogP contribution in [0.4, 0.5) is 5.69 Å². The van der Waals surface area contributed by atoms with Crippen LogP contribution < -0.4 is 16.6 Å². The van der Waals surface area contributed by atoms with Crippen LogP contribution in [0.5, 0.6) is 0 Å². The molecule has 3 N–H and O–H groups in total. The number of fused-ring (bicyclic) bond motifs is 1. The Morgan fingerprint density at radius 3 is 2.91 bits per heavy atom. The number of imide groups is 1. The smallest absolute Gasteiger partial charge is 0.264 e. The van der Waals surface area contributed by atoms with Gasteiger partial charge in [0.1, 0.15) is 11.4 Å². The molecule has 2 aromatic rings. The number of nitrogens with one attached hydrogen (secondary N) is 1. The van der Waals surface area contributed by atoms with E-state index in [0.29, 0.717) is 0 Å². The van der Waals surface area contributed by atoms with E-state index in [1.165, 1.54) is 6.92 Å². The molecule has 0 unspecified atom stereocenters. The normalized spacial score (nSPS) is 24.4. The Kier molecular flexibility index (Phi) is 2.14. The zero-order valence-corrected chi connectivity index (χ0v) is 11.8. The van der Waals surface area contributed by atoms with Gasteiger partial charge in [0.25, 0.3) is 11.5 Å². The van der Waals surface area contributed by atoms with Gasteiger partial charge in [0.05, 0.1) is 15.0 Å². The number of rotatable bonds is 1. The molecule has 114 valence electrons. The minimum Gasteiger partial charge on any atom is -0.398 e. The van der Waals surface area contributed by atoms with Crippen molar-refractivity contribution in [2.45, 2.75) is 32.2 Å². The van der Waals surface area contributed by atoms with Gasteiger partial charge in [-0.1, -0.05) is 6.04 Å². The first-order valence-corrected chi connectivity index (χ1v) is 6.58. The molecule has 7 nitrogen and oxygen atoms in total. The van der Waals surface area contributed by atoms with Crippen LogP contribution in [0.2, 0.25) is 0 Å². The molecule has 1 fully saturated rings. The van der Waals surface area contributed by atoms with Gasteiger partial charge in [-0.05, 0) is 32.3 Å². The van der Waals surface area contributed by atoms with E-state index in [0.717, 1.165) is 4.57 Å². The number of carbonyl (C=O) groups is 2. The molecule has 1 saturated heterocycles. The summed E-state index contributed by atoms with van der Waals surface area (Å²) >= 11 is 0. The number of anilines is 1. The van der Waals surface area contributed by atoms with Crippen molar-refractivity contribution in [3.63, 3.8) is 0 Å². The van der Waals surface area contributed by atoms with E-state index in [2.05, 4.69) is 10.3 Å². The molecular formula is C15H16N4O3. The standard InChI is InChI=1S/C15H16N4O3/c1-8-17-10-5-3-4-9(16)12(10)13(21)19(8)15(2)7-6-11(20)18-14(15)22/h3-5H,6-7,16H2,1-2H3,(H,18,20,22)/t15-/m1/s1/i1D,3D,4D,5D. The maximum atomic E-state index is 13.1. The van der Waals surface area contributed by atoms with Crippen molar-refractivity contribution in [1.82, 2.24) is 14.9 Å². The minimum atomic E-state index is -1.46. The van der Waals surface area contributed by atoms with Crippen molar-refractivity contribution in [1.29, 1.82) is 0 Å². The third-order valence-corrected chi connectivity index (χ3v) is 3.87. The van der Waals surface area contributed by atoms with E-state index in [9.17, 15) is 14.4 Å². The average Bonchev–Trinajstić information content (AvgIpc) is 2.60. The number of nitrogen functional groups attached to an aromatic ring is 1. The molecule has 1 atom stereocenters. The number of nitrogens with zero attached hydrogens (tertiary/aromatic N) is 2. The van der Waals surface area contributed by atoms with Crippen LogP contribution in [-0.4, -0.2) is 21.4 Å². The third kappa shape index (κ3) is 1.89. The highest BCUT2D eigenvalue weighted by molar-refractivity contribution is 6.01. The fourth-order valence-electron chi connectivity index (χ4n) is 2.64. The lowest BCUT2D eigenvalue weighted by Crippen LogP contribution is -2.56. The van der Waals surface area contributed by atoms with E-state index < -0.39 is 47.9 Å². The van der Waals surface area contributed by atoms with Crippen molar-refractivity contribution >= 4 is 28.4 Å². The summed E-state index contributed by atoms with van der Waals surface area (Å²) < 4.78 is 32.2. The van der Waals surface area contributed by atoms with Gasteiger partial charge in [0, 0.05) is 13.5 Å². The lowest BCUT2D eigenvalue weighted by Gasteiger charge is -2.34. The molecule has 3 rings (SSSR count). The molecule has 2 heterocycles. The second-order valence-corrected chi connectivity index (χ2v) is 5.33. The van der Waals surface area contributed by atoms with Gasteiger partial charge >= 0.3 is 0 Å². The van der Waals surface area contributed by atoms with Crippen molar-refractivity contribution in [3.05, 3.63) is 34.3 Å².